The van der Waals surface area contributed by atoms with Gasteiger partial charge in [0.05, 0.1) is 12.1 Å². The summed E-state index contributed by atoms with van der Waals surface area (Å²) in [6.07, 6.45) is 3.97. The van der Waals surface area contributed by atoms with E-state index in [9.17, 15) is 9.00 Å². The molecule has 1 unspecified atom stereocenters. The predicted octanol–water partition coefficient (Wildman–Crippen LogP) is 4.09. The van der Waals surface area contributed by atoms with Crippen molar-refractivity contribution in [3.05, 3.63) is 0 Å². The molecule has 0 radical (unpaired) electrons. The molecule has 0 spiro atoms. The van der Waals surface area contributed by atoms with Crippen molar-refractivity contribution in [2.24, 2.45) is 0 Å². The summed E-state index contributed by atoms with van der Waals surface area (Å²) in [4.78, 5) is 10.5. The molecule has 1 atom stereocenters. The van der Waals surface area contributed by atoms with Crippen LogP contribution in [0.3, 0.4) is 0 Å². The SMILES string of the molecule is CC.CCC.CCC.CNC(C)=O.CNC(C)=S.COS(C)=O. The van der Waals surface area contributed by atoms with Crippen LogP contribution in [0, 0.1) is 0 Å². The maximum atomic E-state index is 9.70. The summed E-state index contributed by atoms with van der Waals surface area (Å²) < 4.78 is 13.9. The highest BCUT2D eigenvalue weighted by Gasteiger charge is 1.73. The van der Waals surface area contributed by atoms with E-state index in [-0.39, 0.29) is 5.91 Å². The number of carbonyl (C=O) groups is 1. The zero-order chi connectivity index (χ0) is 20.3. The number of thiocarbonyl (C=S) groups is 1. The predicted molar refractivity (Wildman–Crippen MR) is 111 cm³/mol. The standard InChI is InChI=1S/C3H7NO.C3H7NS.2C3H8.C2H6O2S.C2H6/c2*1-3(5)4-2;2*1-3-2;1-4-5(2)3;1-2/h2*1-2H3,(H,4,5);2*3H2,1-2H3;1-2H3;1-2H3. The molecule has 5 nitrogen and oxygen atoms in total. The normalized spacial score (nSPS) is 8.00. The Morgan fingerprint density at radius 1 is 1.00 bits per heavy atom. The van der Waals surface area contributed by atoms with Gasteiger partial charge in [-0.2, -0.15) is 0 Å². The van der Waals surface area contributed by atoms with Crippen molar-refractivity contribution >= 4 is 34.2 Å². The van der Waals surface area contributed by atoms with Gasteiger partial charge in [-0.05, 0) is 6.92 Å². The monoisotopic (exact) mass is 374 g/mol. The molecule has 7 heteroatoms. The highest BCUT2D eigenvalue weighted by molar-refractivity contribution is 7.80. The molecule has 146 valence electrons. The number of carbonyl (C=O) groups excluding carboxylic acids is 1. The average Bonchev–Trinajstić information content (AvgIpc) is 2.51. The zero-order valence-electron chi connectivity index (χ0n) is 17.5. The van der Waals surface area contributed by atoms with Gasteiger partial charge in [-0.15, -0.1) is 0 Å². The van der Waals surface area contributed by atoms with E-state index >= 15 is 0 Å². The van der Waals surface area contributed by atoms with E-state index in [1.165, 1.54) is 33.1 Å². The molecular formula is C16H42N2O3S2. The molecule has 0 aliphatic carbocycles. The smallest absolute Gasteiger partial charge is 0.216 e. The van der Waals surface area contributed by atoms with Crippen molar-refractivity contribution < 1.29 is 13.2 Å². The second kappa shape index (κ2) is 49.6. The summed E-state index contributed by atoms with van der Waals surface area (Å²) in [5, 5.41) is 5.15. The molecule has 0 saturated carbocycles. The summed E-state index contributed by atoms with van der Waals surface area (Å²) >= 11 is 3.51. The number of nitrogens with one attached hydrogen (secondary N) is 2. The van der Waals surface area contributed by atoms with Gasteiger partial charge in [0.1, 0.15) is 0 Å². The van der Waals surface area contributed by atoms with Gasteiger partial charge in [-0.1, -0.05) is 66.6 Å². The lowest BCUT2D eigenvalue weighted by Crippen LogP contribution is -2.11. The quantitative estimate of drug-likeness (QED) is 0.677. The second-order valence-electron chi connectivity index (χ2n) is 3.59. The van der Waals surface area contributed by atoms with Crippen LogP contribution < -0.4 is 10.6 Å². The van der Waals surface area contributed by atoms with E-state index in [1.54, 1.807) is 7.05 Å². The van der Waals surface area contributed by atoms with Gasteiger partial charge >= 0.3 is 0 Å². The first kappa shape index (κ1) is 38.2. The van der Waals surface area contributed by atoms with E-state index < -0.39 is 11.1 Å². The Labute approximate surface area is 154 Å². The molecule has 0 fully saturated rings. The fraction of sp³-hybridized carbons (Fsp3) is 0.875. The Morgan fingerprint density at radius 3 is 1.13 bits per heavy atom. The minimum atomic E-state index is -1.07. The van der Waals surface area contributed by atoms with Crippen molar-refractivity contribution in [1.82, 2.24) is 10.6 Å². The van der Waals surface area contributed by atoms with Gasteiger partial charge in [0, 0.05) is 27.3 Å². The molecule has 1 amide bonds. The summed E-state index contributed by atoms with van der Waals surface area (Å²) in [7, 11) is 4.81. The molecule has 2 N–H and O–H groups in total. The van der Waals surface area contributed by atoms with Crippen molar-refractivity contribution in [2.45, 2.75) is 68.2 Å². The van der Waals surface area contributed by atoms with Gasteiger partial charge in [-0.25, -0.2) is 4.21 Å². The van der Waals surface area contributed by atoms with Gasteiger partial charge in [0.15, 0.2) is 11.1 Å². The number of rotatable bonds is 1. The first-order valence-electron chi connectivity index (χ1n) is 7.89. The zero-order valence-corrected chi connectivity index (χ0v) is 19.1. The highest BCUT2D eigenvalue weighted by atomic mass is 32.2. The fourth-order valence-corrected chi connectivity index (χ4v) is 0. The average molecular weight is 375 g/mol. The van der Waals surface area contributed by atoms with E-state index in [0.29, 0.717) is 0 Å². The Morgan fingerprint density at radius 2 is 1.13 bits per heavy atom. The number of amides is 1. The molecule has 0 saturated heterocycles. The van der Waals surface area contributed by atoms with Crippen molar-refractivity contribution in [3.8, 4) is 0 Å². The van der Waals surface area contributed by atoms with Crippen LogP contribution in [0.2, 0.25) is 0 Å². The lowest BCUT2D eigenvalue weighted by atomic mass is 10.6. The van der Waals surface area contributed by atoms with E-state index in [4.69, 9.17) is 0 Å². The van der Waals surface area contributed by atoms with Gasteiger partial charge in [0.25, 0.3) is 0 Å². The highest BCUT2D eigenvalue weighted by Crippen LogP contribution is 1.65. The summed E-state index contributed by atoms with van der Waals surface area (Å²) in [6, 6.07) is 0. The van der Waals surface area contributed by atoms with Crippen LogP contribution in [0.1, 0.15) is 68.2 Å². The minimum Gasteiger partial charge on any atom is -0.383 e. The molecule has 0 heterocycles. The summed E-state index contributed by atoms with van der Waals surface area (Å²) in [5.41, 5.74) is 0. The number of hydrogen-bond donors (Lipinski definition) is 2. The van der Waals surface area contributed by atoms with Crippen molar-refractivity contribution in [1.29, 1.82) is 0 Å². The van der Waals surface area contributed by atoms with Crippen LogP contribution >= 0.6 is 12.2 Å². The van der Waals surface area contributed by atoms with Gasteiger partial charge < -0.3 is 10.6 Å². The number of hydrogen-bond acceptors (Lipinski definition) is 4. The van der Waals surface area contributed by atoms with Crippen LogP contribution in [-0.4, -0.2) is 42.6 Å². The Balaban J connectivity index is -0.0000000389. The molecule has 0 aromatic rings. The Kier molecular flexibility index (Phi) is 82.3. The molecule has 0 aromatic heterocycles. The first-order valence-corrected chi connectivity index (χ1v) is 9.78. The summed E-state index contributed by atoms with van der Waals surface area (Å²) in [5.74, 6) is 0.00463. The van der Waals surface area contributed by atoms with Crippen LogP contribution in [0.25, 0.3) is 0 Å². The second-order valence-corrected chi connectivity index (χ2v) is 5.34. The van der Waals surface area contributed by atoms with Crippen molar-refractivity contribution in [3.63, 3.8) is 0 Å². The van der Waals surface area contributed by atoms with Crippen LogP contribution in [0.4, 0.5) is 0 Å². The van der Waals surface area contributed by atoms with E-state index in [0.717, 1.165) is 4.99 Å². The molecular weight excluding hydrogens is 332 g/mol. The third-order valence-electron chi connectivity index (χ3n) is 0.939. The van der Waals surface area contributed by atoms with Crippen LogP contribution in [0.5, 0.6) is 0 Å². The molecule has 0 rings (SSSR count). The van der Waals surface area contributed by atoms with Gasteiger partial charge in [0.2, 0.25) is 5.91 Å². The van der Waals surface area contributed by atoms with E-state index in [2.05, 4.69) is 54.7 Å². The van der Waals surface area contributed by atoms with Crippen LogP contribution in [-0.2, 0) is 20.1 Å². The third-order valence-corrected chi connectivity index (χ3v) is 1.61. The molecule has 0 aliphatic rings. The lowest BCUT2D eigenvalue weighted by Gasteiger charge is -1.84. The topological polar surface area (TPSA) is 67.4 Å². The lowest BCUT2D eigenvalue weighted by molar-refractivity contribution is -0.118. The molecule has 0 aliphatic heterocycles. The molecule has 0 aromatic carbocycles. The minimum absolute atomic E-state index is 0.00463. The van der Waals surface area contributed by atoms with E-state index in [1.807, 2.05) is 27.8 Å². The first-order chi connectivity index (χ1) is 10.6. The summed E-state index contributed by atoms with van der Waals surface area (Å²) in [6.45, 7) is 15.8. The molecule has 0 bridgehead atoms. The van der Waals surface area contributed by atoms with Crippen LogP contribution in [0.15, 0.2) is 0 Å². The maximum Gasteiger partial charge on any atom is 0.216 e. The maximum absolute atomic E-state index is 9.70. The van der Waals surface area contributed by atoms with Crippen molar-refractivity contribution in [2.75, 3.05) is 27.5 Å². The Bertz CT molecular complexity index is 192. The largest absolute Gasteiger partial charge is 0.383 e. The van der Waals surface area contributed by atoms with Gasteiger partial charge in [-0.3, -0.25) is 8.98 Å². The Hall–Kier alpha value is -0.530. The third kappa shape index (κ3) is 272. The molecule has 23 heavy (non-hydrogen) atoms. The fourth-order valence-electron chi connectivity index (χ4n) is 0.